The minimum atomic E-state index is -3.08. The summed E-state index contributed by atoms with van der Waals surface area (Å²) in [5, 5.41) is 8.13. The Balaban J connectivity index is 1.74. The summed E-state index contributed by atoms with van der Waals surface area (Å²) in [4.78, 5) is 27.0. The molecule has 11 nitrogen and oxygen atoms in total. The van der Waals surface area contributed by atoms with Crippen molar-refractivity contribution in [1.29, 1.82) is 0 Å². The van der Waals surface area contributed by atoms with Gasteiger partial charge in [-0.05, 0) is 48.7 Å². The Kier molecular flexibility index (Phi) is 10.2. The van der Waals surface area contributed by atoms with Crippen molar-refractivity contribution < 1.29 is 27.1 Å². The van der Waals surface area contributed by atoms with Crippen LogP contribution in [-0.2, 0) is 4.74 Å². The lowest BCUT2D eigenvalue weighted by Gasteiger charge is -2.31. The molecule has 16 heteroatoms. The molecule has 0 saturated carbocycles. The summed E-state index contributed by atoms with van der Waals surface area (Å²) in [5.41, 5.74) is 7.90. The molecule has 0 aliphatic rings. The number of anilines is 1. The Hall–Kier alpha value is -4.89. The molecule has 230 valence electrons. The zero-order valence-electron chi connectivity index (χ0n) is 23.4. The van der Waals surface area contributed by atoms with Gasteiger partial charge in [-0.15, -0.1) is 0 Å². The number of aromatic nitrogens is 3. The summed E-state index contributed by atoms with van der Waals surface area (Å²) in [6.45, 7) is -2.76. The number of benzene rings is 2. The predicted octanol–water partition coefficient (Wildman–Crippen LogP) is 5.59. The third-order valence-corrected chi connectivity index (χ3v) is 6.73. The molecule has 0 fully saturated rings. The number of hydrazone groups is 1. The minimum absolute atomic E-state index is 0.0376. The van der Waals surface area contributed by atoms with Crippen molar-refractivity contribution in [2.24, 2.45) is 20.8 Å². The van der Waals surface area contributed by atoms with Gasteiger partial charge in [0.25, 0.3) is 5.91 Å². The lowest BCUT2D eigenvalue weighted by molar-refractivity contribution is 0.0566. The molecule has 1 amide bonds. The Labute approximate surface area is 253 Å². The molecule has 4 aromatic rings. The van der Waals surface area contributed by atoms with E-state index in [1.165, 1.54) is 49.7 Å². The molecule has 0 aliphatic heterocycles. The number of hydrogen-bond acceptors (Lipinski definition) is 7. The van der Waals surface area contributed by atoms with Gasteiger partial charge in [-0.2, -0.15) is 27.8 Å². The van der Waals surface area contributed by atoms with Gasteiger partial charge >= 0.3 is 13.1 Å². The molecule has 2 aromatic heterocycles. The highest BCUT2D eigenvalue weighted by molar-refractivity contribution is 6.33. The van der Waals surface area contributed by atoms with Gasteiger partial charge in [0.05, 0.1) is 40.8 Å². The number of nitrogens with two attached hydrogens (primary N) is 1. The number of hydrogen-bond donors (Lipinski definition) is 1. The fourth-order valence-electron chi connectivity index (χ4n) is 4.35. The van der Waals surface area contributed by atoms with Gasteiger partial charge in [-0.1, -0.05) is 23.7 Å². The zero-order chi connectivity index (χ0) is 32.0. The maximum atomic E-state index is 14.0. The molecule has 0 unspecified atom stereocenters. The highest BCUT2D eigenvalue weighted by atomic mass is 35.5. The van der Waals surface area contributed by atoms with Gasteiger partial charge in [-0.3, -0.25) is 19.7 Å². The second kappa shape index (κ2) is 14.1. The zero-order valence-corrected chi connectivity index (χ0v) is 24.1. The molecule has 2 N–H and O–H groups in total. The number of aliphatic imine (C=N–C) groups is 2. The molecule has 0 radical (unpaired) electrons. The van der Waals surface area contributed by atoms with E-state index in [0.717, 1.165) is 6.34 Å². The van der Waals surface area contributed by atoms with Crippen LogP contribution in [0.5, 0.6) is 0 Å². The van der Waals surface area contributed by atoms with Gasteiger partial charge < -0.3 is 10.5 Å². The maximum absolute atomic E-state index is 14.0. The van der Waals surface area contributed by atoms with E-state index in [1.807, 2.05) is 0 Å². The normalized spacial score (nSPS) is 12.8. The largest absolute Gasteiger partial charge is 0.382 e. The molecule has 0 spiro atoms. The number of pyridine rings is 1. The summed E-state index contributed by atoms with van der Waals surface area (Å²) in [5.74, 6) is -0.742. The van der Waals surface area contributed by atoms with Crippen molar-refractivity contribution >= 4 is 53.1 Å². The molecule has 0 bridgehead atoms. The van der Waals surface area contributed by atoms with E-state index < -0.39 is 25.0 Å². The maximum Gasteiger partial charge on any atom is 0.333 e. The molecular weight excluding hydrogens is 606 g/mol. The fourth-order valence-corrected chi connectivity index (χ4v) is 4.55. The second-order valence-corrected chi connectivity index (χ2v) is 9.47. The predicted molar refractivity (Wildman–Crippen MR) is 161 cm³/mol. The fraction of sp³-hybridized carbons (Fsp3) is 0.214. The number of ether oxygens (including phenoxy) is 1. The summed E-state index contributed by atoms with van der Waals surface area (Å²) in [6.07, 6.45) is 3.31. The van der Waals surface area contributed by atoms with Crippen LogP contribution in [0.4, 0.5) is 23.2 Å². The number of fused-ring (bicyclic) bond motifs is 1. The van der Waals surface area contributed by atoms with Crippen LogP contribution < -0.4 is 10.7 Å². The average Bonchev–Trinajstić information content (AvgIpc) is 3.52. The van der Waals surface area contributed by atoms with E-state index in [1.54, 1.807) is 30.3 Å². The van der Waals surface area contributed by atoms with E-state index in [9.17, 15) is 22.4 Å². The summed E-state index contributed by atoms with van der Waals surface area (Å²) in [7, 11) is 2.80. The van der Waals surface area contributed by atoms with Crippen molar-refractivity contribution in [2.75, 3.05) is 25.8 Å². The first-order chi connectivity index (χ1) is 21.1. The van der Waals surface area contributed by atoms with Crippen LogP contribution in [0.1, 0.15) is 28.5 Å². The number of alkyl halides is 4. The van der Waals surface area contributed by atoms with Crippen LogP contribution in [0.25, 0.3) is 22.2 Å². The molecule has 44 heavy (non-hydrogen) atoms. The summed E-state index contributed by atoms with van der Waals surface area (Å²) < 4.78 is 59.5. The van der Waals surface area contributed by atoms with Crippen LogP contribution in [0, 0.1) is 0 Å². The smallest absolute Gasteiger partial charge is 0.333 e. The van der Waals surface area contributed by atoms with E-state index in [2.05, 4.69) is 31.9 Å². The highest BCUT2D eigenvalue weighted by Crippen LogP contribution is 2.34. The lowest BCUT2D eigenvalue weighted by atomic mass is 10.0. The SMILES string of the molecule is C=N/C=N\N(c1cc([C@@H](COC)N(C(=O)c2ccc3nc(-c4cnn(C(F)F)c4)ccc3c2)C(N)=NC)ccc1Cl)C(F)F. The molecule has 1 atom stereocenters. The van der Waals surface area contributed by atoms with Crippen LogP contribution in [0.15, 0.2) is 76.0 Å². The highest BCUT2D eigenvalue weighted by Gasteiger charge is 2.31. The molecule has 2 aromatic carbocycles. The Morgan fingerprint density at radius 2 is 1.95 bits per heavy atom. The summed E-state index contributed by atoms with van der Waals surface area (Å²) >= 11 is 6.25. The van der Waals surface area contributed by atoms with E-state index in [0.29, 0.717) is 37.4 Å². The number of guanidine groups is 1. The number of carbonyl (C=O) groups is 1. The number of carbonyl (C=O) groups excluding carboxylic acids is 1. The molecule has 0 saturated heterocycles. The summed E-state index contributed by atoms with van der Waals surface area (Å²) in [6, 6.07) is 11.3. The quantitative estimate of drug-likeness (QED) is 0.0756. The van der Waals surface area contributed by atoms with Crippen molar-refractivity contribution in [1.82, 2.24) is 19.7 Å². The first-order valence-corrected chi connectivity index (χ1v) is 13.1. The van der Waals surface area contributed by atoms with Crippen LogP contribution in [-0.4, -0.2) is 71.9 Å². The average molecular weight is 632 g/mol. The molecule has 0 aliphatic carbocycles. The number of methoxy groups -OCH3 is 1. The van der Waals surface area contributed by atoms with Crippen molar-refractivity contribution in [3.63, 3.8) is 0 Å². The topological polar surface area (TPSA) is 127 Å². The third kappa shape index (κ3) is 6.84. The van der Waals surface area contributed by atoms with Gasteiger partial charge in [0.1, 0.15) is 6.34 Å². The van der Waals surface area contributed by atoms with Gasteiger partial charge in [0, 0.05) is 36.9 Å². The first kappa shape index (κ1) is 32.0. The molecule has 4 rings (SSSR count). The minimum Gasteiger partial charge on any atom is -0.382 e. The standard InChI is InChI=1S/C28H26ClF4N9O2/c1-35-15-38-42(27(32)33)23-11-17(4-7-20(23)29)24(14-44-3)41(28(34)36-2)25(43)18-6-9-21-16(10-18)5-8-22(39-21)19-12-37-40(13-19)26(30)31/h4-13,15,24,26-27H,1,14H2,2-3H3,(H2,34,36)/b38-15-/t24-/m1/s1. The Morgan fingerprint density at radius 3 is 2.59 bits per heavy atom. The number of nitrogens with zero attached hydrogens (tertiary/aromatic N) is 8. The van der Waals surface area contributed by atoms with Crippen LogP contribution in [0.3, 0.4) is 0 Å². The van der Waals surface area contributed by atoms with Gasteiger partial charge in [0.2, 0.25) is 0 Å². The monoisotopic (exact) mass is 631 g/mol. The third-order valence-electron chi connectivity index (χ3n) is 6.41. The number of rotatable bonds is 11. The molecule has 2 heterocycles. The second-order valence-electron chi connectivity index (χ2n) is 9.07. The van der Waals surface area contributed by atoms with E-state index >= 15 is 0 Å². The van der Waals surface area contributed by atoms with Crippen LogP contribution in [0.2, 0.25) is 5.02 Å². The van der Waals surface area contributed by atoms with Crippen molar-refractivity contribution in [3.8, 4) is 11.3 Å². The molecular formula is C28H26ClF4N9O2. The number of amides is 1. The first-order valence-electron chi connectivity index (χ1n) is 12.7. The Morgan fingerprint density at radius 1 is 1.18 bits per heavy atom. The van der Waals surface area contributed by atoms with Crippen LogP contribution >= 0.6 is 11.6 Å². The van der Waals surface area contributed by atoms with E-state index in [-0.39, 0.29) is 28.8 Å². The van der Waals surface area contributed by atoms with Crippen molar-refractivity contribution in [2.45, 2.75) is 19.1 Å². The van der Waals surface area contributed by atoms with Gasteiger partial charge in [-0.25, -0.2) is 14.7 Å². The lowest BCUT2D eigenvalue weighted by Crippen LogP contribution is -2.46. The van der Waals surface area contributed by atoms with Gasteiger partial charge in [0.15, 0.2) is 5.96 Å². The van der Waals surface area contributed by atoms with E-state index in [4.69, 9.17) is 22.1 Å². The Bertz CT molecular complexity index is 1710. The number of halogens is 5. The van der Waals surface area contributed by atoms with Crippen molar-refractivity contribution in [3.05, 3.63) is 77.1 Å².